The number of fused-ring (bicyclic) bond motifs is 3. The van der Waals surface area contributed by atoms with Crippen molar-refractivity contribution in [2.75, 3.05) is 7.05 Å². The summed E-state index contributed by atoms with van der Waals surface area (Å²) in [5.74, 6) is 2.73. The van der Waals surface area contributed by atoms with Crippen molar-refractivity contribution in [1.82, 2.24) is 5.32 Å². The zero-order valence-electron chi connectivity index (χ0n) is 12.4. The predicted molar refractivity (Wildman–Crippen MR) is 87.1 cm³/mol. The van der Waals surface area contributed by atoms with Crippen LogP contribution in [0, 0.1) is 23.6 Å². The lowest BCUT2D eigenvalue weighted by Crippen LogP contribution is -2.21. The lowest BCUT2D eigenvalue weighted by molar-refractivity contribution is 0.285. The molecule has 2 fully saturated rings. The maximum Gasteiger partial charge on any atom is 0.123 e. The van der Waals surface area contributed by atoms with Crippen LogP contribution in [0.1, 0.15) is 43.0 Å². The molecule has 2 bridgehead atoms. The number of halogens is 1. The molecule has 0 radical (unpaired) electrons. The molecule has 1 aromatic carbocycles. The van der Waals surface area contributed by atoms with Gasteiger partial charge in [-0.25, -0.2) is 4.39 Å². The van der Waals surface area contributed by atoms with Crippen molar-refractivity contribution in [2.24, 2.45) is 17.8 Å². The van der Waals surface area contributed by atoms with Gasteiger partial charge in [0.15, 0.2) is 0 Å². The van der Waals surface area contributed by atoms with E-state index in [4.69, 9.17) is 0 Å². The van der Waals surface area contributed by atoms with Crippen LogP contribution in [0.25, 0.3) is 10.1 Å². The highest BCUT2D eigenvalue weighted by atomic mass is 32.1. The Balaban J connectivity index is 1.56. The largest absolute Gasteiger partial charge is 0.312 e. The van der Waals surface area contributed by atoms with Crippen LogP contribution >= 0.6 is 11.3 Å². The van der Waals surface area contributed by atoms with Crippen LogP contribution < -0.4 is 5.32 Å². The molecule has 4 unspecified atom stereocenters. The average molecular weight is 303 g/mol. The minimum atomic E-state index is -0.138. The fourth-order valence-electron chi connectivity index (χ4n) is 4.55. The van der Waals surface area contributed by atoms with Crippen LogP contribution in [-0.2, 0) is 0 Å². The fraction of sp³-hybridized carbons (Fsp3) is 0.556. The number of thiophene rings is 1. The third-order valence-electron chi connectivity index (χ3n) is 5.61. The normalized spacial score (nSPS) is 29.3. The van der Waals surface area contributed by atoms with Gasteiger partial charge < -0.3 is 5.32 Å². The highest BCUT2D eigenvalue weighted by molar-refractivity contribution is 7.19. The number of hydrogen-bond donors (Lipinski definition) is 1. The first kappa shape index (κ1) is 13.7. The van der Waals surface area contributed by atoms with Gasteiger partial charge in [-0.05, 0) is 80.1 Å². The van der Waals surface area contributed by atoms with Gasteiger partial charge in [0, 0.05) is 15.6 Å². The lowest BCUT2D eigenvalue weighted by Gasteiger charge is -2.26. The Hall–Kier alpha value is -0.930. The maximum atomic E-state index is 13.3. The van der Waals surface area contributed by atoms with E-state index < -0.39 is 0 Å². The summed E-state index contributed by atoms with van der Waals surface area (Å²) in [6.45, 7) is 0. The smallest absolute Gasteiger partial charge is 0.123 e. The first-order valence-electron chi connectivity index (χ1n) is 8.09. The van der Waals surface area contributed by atoms with Gasteiger partial charge in [-0.3, -0.25) is 0 Å². The molecule has 1 aromatic heterocycles. The second kappa shape index (κ2) is 5.36. The summed E-state index contributed by atoms with van der Waals surface area (Å²) < 4.78 is 14.5. The summed E-state index contributed by atoms with van der Waals surface area (Å²) in [6, 6.07) is 7.72. The van der Waals surface area contributed by atoms with Crippen LogP contribution in [0.3, 0.4) is 0 Å². The zero-order valence-corrected chi connectivity index (χ0v) is 13.3. The van der Waals surface area contributed by atoms with Crippen molar-refractivity contribution in [3.05, 3.63) is 35.0 Å². The first-order valence-corrected chi connectivity index (χ1v) is 8.91. The number of nitrogens with one attached hydrogen (secondary N) is 1. The van der Waals surface area contributed by atoms with Gasteiger partial charge in [0.25, 0.3) is 0 Å². The molecule has 2 aliphatic carbocycles. The van der Waals surface area contributed by atoms with Crippen LogP contribution in [0.15, 0.2) is 24.3 Å². The molecule has 4 atom stereocenters. The van der Waals surface area contributed by atoms with Crippen molar-refractivity contribution in [1.29, 1.82) is 0 Å². The summed E-state index contributed by atoms with van der Waals surface area (Å²) in [5, 5.41) is 4.54. The summed E-state index contributed by atoms with van der Waals surface area (Å²) in [4.78, 5) is 1.36. The third kappa shape index (κ3) is 2.51. The van der Waals surface area contributed by atoms with E-state index >= 15 is 0 Å². The number of benzene rings is 1. The molecule has 0 spiro atoms. The standard InChI is InChI=1S/C18H22FNS/c1-20-16(9-13-7-11-2-3-12(13)6-11)18-10-14-8-15(19)4-5-17(14)21-18/h4-5,8,10-13,16,20H,2-3,6-7,9H2,1H3. The molecular weight excluding hydrogens is 281 g/mol. The Bertz CT molecular complexity index is 650. The van der Waals surface area contributed by atoms with Crippen LogP contribution in [-0.4, -0.2) is 7.05 Å². The van der Waals surface area contributed by atoms with Crippen LogP contribution in [0.4, 0.5) is 4.39 Å². The van der Waals surface area contributed by atoms with E-state index in [0.717, 1.165) is 23.1 Å². The van der Waals surface area contributed by atoms with Gasteiger partial charge in [-0.15, -0.1) is 11.3 Å². The highest BCUT2D eigenvalue weighted by Crippen LogP contribution is 2.51. The monoisotopic (exact) mass is 303 g/mol. The molecule has 112 valence electrons. The van der Waals surface area contributed by atoms with Gasteiger partial charge in [-0.1, -0.05) is 6.42 Å². The topological polar surface area (TPSA) is 12.0 Å². The number of hydrogen-bond acceptors (Lipinski definition) is 2. The molecule has 2 aromatic rings. The van der Waals surface area contributed by atoms with Gasteiger partial charge in [0.05, 0.1) is 0 Å². The van der Waals surface area contributed by atoms with Crippen molar-refractivity contribution in [2.45, 2.75) is 38.1 Å². The summed E-state index contributed by atoms with van der Waals surface area (Å²) >= 11 is 1.81. The minimum absolute atomic E-state index is 0.138. The first-order chi connectivity index (χ1) is 10.2. The van der Waals surface area contributed by atoms with E-state index in [1.165, 1.54) is 41.7 Å². The summed E-state index contributed by atoms with van der Waals surface area (Å²) in [6.07, 6.45) is 7.06. The molecule has 21 heavy (non-hydrogen) atoms. The van der Waals surface area contributed by atoms with E-state index in [1.807, 2.05) is 17.4 Å². The second-order valence-electron chi connectivity index (χ2n) is 6.84. The highest BCUT2D eigenvalue weighted by Gasteiger charge is 2.40. The molecule has 4 rings (SSSR count). The van der Waals surface area contributed by atoms with Crippen molar-refractivity contribution in [3.8, 4) is 0 Å². The van der Waals surface area contributed by atoms with Gasteiger partial charge in [0.1, 0.15) is 5.82 Å². The van der Waals surface area contributed by atoms with Crippen molar-refractivity contribution >= 4 is 21.4 Å². The van der Waals surface area contributed by atoms with Gasteiger partial charge in [-0.2, -0.15) is 0 Å². The summed E-state index contributed by atoms with van der Waals surface area (Å²) in [5.41, 5.74) is 0. The molecular formula is C18H22FNS. The maximum absolute atomic E-state index is 13.3. The Labute approximate surface area is 129 Å². The molecule has 3 heteroatoms. The van der Waals surface area contributed by atoms with Gasteiger partial charge >= 0.3 is 0 Å². The van der Waals surface area contributed by atoms with Crippen LogP contribution in [0.2, 0.25) is 0 Å². The molecule has 2 aliphatic rings. The number of rotatable bonds is 4. The van der Waals surface area contributed by atoms with Crippen LogP contribution in [0.5, 0.6) is 0 Å². The molecule has 0 amide bonds. The van der Waals surface area contributed by atoms with E-state index in [2.05, 4.69) is 18.4 Å². The molecule has 2 saturated carbocycles. The third-order valence-corrected chi connectivity index (χ3v) is 6.84. The Morgan fingerprint density at radius 1 is 1.29 bits per heavy atom. The Kier molecular flexibility index (Phi) is 3.50. The Morgan fingerprint density at radius 2 is 2.19 bits per heavy atom. The molecule has 1 nitrogen and oxygen atoms in total. The molecule has 0 aliphatic heterocycles. The van der Waals surface area contributed by atoms with E-state index in [-0.39, 0.29) is 5.82 Å². The SMILES string of the molecule is CNC(CC1CC2CCC1C2)c1cc2cc(F)ccc2s1. The summed E-state index contributed by atoms with van der Waals surface area (Å²) in [7, 11) is 2.06. The van der Waals surface area contributed by atoms with Gasteiger partial charge in [0.2, 0.25) is 0 Å². The molecule has 0 saturated heterocycles. The van der Waals surface area contributed by atoms with E-state index in [9.17, 15) is 4.39 Å². The average Bonchev–Trinajstić information content (AvgIpc) is 3.18. The fourth-order valence-corrected chi connectivity index (χ4v) is 5.72. The van der Waals surface area contributed by atoms with Crippen molar-refractivity contribution < 1.29 is 4.39 Å². The molecule has 1 N–H and O–H groups in total. The molecule has 1 heterocycles. The second-order valence-corrected chi connectivity index (χ2v) is 7.96. The van der Waals surface area contributed by atoms with E-state index in [0.29, 0.717) is 6.04 Å². The minimum Gasteiger partial charge on any atom is -0.312 e. The van der Waals surface area contributed by atoms with E-state index in [1.54, 1.807) is 12.1 Å². The predicted octanol–water partition coefficient (Wildman–Crippen LogP) is 5.13. The van der Waals surface area contributed by atoms with Crippen molar-refractivity contribution in [3.63, 3.8) is 0 Å². The quantitative estimate of drug-likeness (QED) is 0.826. The Morgan fingerprint density at radius 3 is 2.90 bits per heavy atom. The zero-order chi connectivity index (χ0) is 14.4. The lowest BCUT2D eigenvalue weighted by atomic mass is 9.84.